The van der Waals surface area contributed by atoms with Crippen molar-refractivity contribution in [3.8, 4) is 0 Å². The second-order valence-corrected chi connectivity index (χ2v) is 3.80. The lowest BCUT2D eigenvalue weighted by Gasteiger charge is -2.24. The van der Waals surface area contributed by atoms with Crippen LogP contribution < -0.4 is 5.69 Å². The number of aromatic nitrogens is 3. The third kappa shape index (κ3) is 2.08. The summed E-state index contributed by atoms with van der Waals surface area (Å²) in [6, 6.07) is 0.215. The first-order valence-corrected chi connectivity index (χ1v) is 5.06. The molecule has 2 N–H and O–H groups in total. The number of H-pyrrole nitrogens is 1. The fraction of sp³-hybridized carbons (Fsp3) is 0.667. The van der Waals surface area contributed by atoms with Gasteiger partial charge in [0, 0.05) is 6.42 Å². The van der Waals surface area contributed by atoms with Gasteiger partial charge in [-0.05, 0) is 19.3 Å². The van der Waals surface area contributed by atoms with Crippen LogP contribution in [-0.2, 0) is 11.2 Å². The van der Waals surface area contributed by atoms with Gasteiger partial charge in [-0.15, -0.1) is 0 Å². The standard InChI is InChI=1S/C9H13N3O3/c13-8(14)5-4-7-10-9(15)12(11-7)6-2-1-3-6/h6H,1-5H2,(H,13,14)(H,10,11,15). The van der Waals surface area contributed by atoms with E-state index in [-0.39, 0.29) is 24.6 Å². The number of aryl methyl sites for hydroxylation is 1. The van der Waals surface area contributed by atoms with Crippen LogP contribution in [0.1, 0.15) is 37.5 Å². The Morgan fingerprint density at radius 1 is 1.60 bits per heavy atom. The molecular weight excluding hydrogens is 198 g/mol. The van der Waals surface area contributed by atoms with Gasteiger partial charge in [-0.3, -0.25) is 9.78 Å². The van der Waals surface area contributed by atoms with E-state index in [1.165, 1.54) is 4.68 Å². The van der Waals surface area contributed by atoms with Crippen molar-refractivity contribution < 1.29 is 9.90 Å². The predicted molar refractivity (Wildman–Crippen MR) is 51.7 cm³/mol. The molecule has 1 heterocycles. The first-order chi connectivity index (χ1) is 7.16. The molecule has 0 unspecified atom stereocenters. The van der Waals surface area contributed by atoms with E-state index in [0.717, 1.165) is 19.3 Å². The van der Waals surface area contributed by atoms with Crippen molar-refractivity contribution >= 4 is 5.97 Å². The van der Waals surface area contributed by atoms with Gasteiger partial charge in [0.05, 0.1) is 12.5 Å². The molecule has 0 bridgehead atoms. The molecule has 0 radical (unpaired) electrons. The predicted octanol–water partition coefficient (Wildman–Crippen LogP) is 0.314. The van der Waals surface area contributed by atoms with Gasteiger partial charge in [0.1, 0.15) is 5.82 Å². The van der Waals surface area contributed by atoms with Crippen LogP contribution in [0.5, 0.6) is 0 Å². The summed E-state index contributed by atoms with van der Waals surface area (Å²) in [6.45, 7) is 0. The fourth-order valence-corrected chi connectivity index (χ4v) is 1.60. The number of aromatic amines is 1. The number of nitrogens with zero attached hydrogens (tertiary/aromatic N) is 2. The Bertz CT molecular complexity index is 416. The first-order valence-electron chi connectivity index (χ1n) is 5.06. The first kappa shape index (κ1) is 9.95. The van der Waals surface area contributed by atoms with Gasteiger partial charge in [-0.25, -0.2) is 9.48 Å². The van der Waals surface area contributed by atoms with Gasteiger partial charge in [-0.2, -0.15) is 5.10 Å². The Hall–Kier alpha value is -1.59. The number of carboxylic acid groups (broad SMARTS) is 1. The van der Waals surface area contributed by atoms with Crippen molar-refractivity contribution in [2.45, 2.75) is 38.1 Å². The summed E-state index contributed by atoms with van der Waals surface area (Å²) in [6.07, 6.45) is 3.39. The lowest BCUT2D eigenvalue weighted by atomic mass is 9.93. The van der Waals surface area contributed by atoms with E-state index in [1.54, 1.807) is 0 Å². The molecule has 6 nitrogen and oxygen atoms in total. The number of nitrogens with one attached hydrogen (secondary N) is 1. The molecule has 1 aliphatic carbocycles. The average Bonchev–Trinajstić information content (AvgIpc) is 2.42. The molecule has 0 atom stereocenters. The molecule has 1 fully saturated rings. The summed E-state index contributed by atoms with van der Waals surface area (Å²) < 4.78 is 1.45. The smallest absolute Gasteiger partial charge is 0.343 e. The largest absolute Gasteiger partial charge is 0.481 e. The van der Waals surface area contributed by atoms with Crippen LogP contribution in [0.4, 0.5) is 0 Å². The normalized spacial score (nSPS) is 16.3. The molecule has 6 heteroatoms. The number of hydrogen-bond acceptors (Lipinski definition) is 3. The zero-order chi connectivity index (χ0) is 10.8. The van der Waals surface area contributed by atoms with Crippen molar-refractivity contribution in [1.82, 2.24) is 14.8 Å². The van der Waals surface area contributed by atoms with Crippen LogP contribution in [0, 0.1) is 0 Å². The van der Waals surface area contributed by atoms with Crippen LogP contribution in [0.15, 0.2) is 4.79 Å². The third-order valence-corrected chi connectivity index (χ3v) is 2.68. The topological polar surface area (TPSA) is 88.0 Å². The van der Waals surface area contributed by atoms with Gasteiger partial charge < -0.3 is 5.11 Å². The quantitative estimate of drug-likeness (QED) is 0.750. The van der Waals surface area contributed by atoms with E-state index >= 15 is 0 Å². The summed E-state index contributed by atoms with van der Waals surface area (Å²) in [5.41, 5.74) is -0.222. The Labute approximate surface area is 85.9 Å². The van der Waals surface area contributed by atoms with Crippen molar-refractivity contribution in [1.29, 1.82) is 0 Å². The highest BCUT2D eigenvalue weighted by atomic mass is 16.4. The summed E-state index contributed by atoms with van der Waals surface area (Å²) in [7, 11) is 0. The zero-order valence-electron chi connectivity index (χ0n) is 8.27. The summed E-state index contributed by atoms with van der Waals surface area (Å²) in [5.74, 6) is -0.414. The Balaban J connectivity index is 2.07. The van der Waals surface area contributed by atoms with Crippen LogP contribution in [0.2, 0.25) is 0 Å². The monoisotopic (exact) mass is 211 g/mol. The van der Waals surface area contributed by atoms with Crippen molar-refractivity contribution in [2.24, 2.45) is 0 Å². The summed E-state index contributed by atoms with van der Waals surface area (Å²) in [5, 5.41) is 12.6. The van der Waals surface area contributed by atoms with E-state index in [2.05, 4.69) is 10.1 Å². The Morgan fingerprint density at radius 2 is 2.33 bits per heavy atom. The van der Waals surface area contributed by atoms with Crippen molar-refractivity contribution in [3.63, 3.8) is 0 Å². The molecule has 1 aromatic heterocycles. The Morgan fingerprint density at radius 3 is 2.87 bits per heavy atom. The van der Waals surface area contributed by atoms with Gasteiger partial charge in [-0.1, -0.05) is 0 Å². The molecule has 1 saturated carbocycles. The number of carbonyl (C=O) groups is 1. The highest BCUT2D eigenvalue weighted by Crippen LogP contribution is 2.29. The molecule has 0 aromatic carbocycles. The molecule has 0 spiro atoms. The maximum absolute atomic E-state index is 11.4. The number of carboxylic acids is 1. The molecule has 1 aromatic rings. The second kappa shape index (κ2) is 3.88. The minimum Gasteiger partial charge on any atom is -0.481 e. The molecule has 1 aliphatic rings. The SMILES string of the molecule is O=C(O)CCc1nn(C2CCC2)c(=O)[nH]1. The molecule has 15 heavy (non-hydrogen) atoms. The zero-order valence-corrected chi connectivity index (χ0v) is 8.27. The number of rotatable bonds is 4. The van der Waals surface area contributed by atoms with Crippen molar-refractivity contribution in [2.75, 3.05) is 0 Å². The number of aliphatic carboxylic acids is 1. The lowest BCUT2D eigenvalue weighted by molar-refractivity contribution is -0.137. The van der Waals surface area contributed by atoms with E-state index in [9.17, 15) is 9.59 Å². The molecule has 2 rings (SSSR count). The molecule has 0 aliphatic heterocycles. The Kier molecular flexibility index (Phi) is 2.57. The van der Waals surface area contributed by atoms with Crippen LogP contribution >= 0.6 is 0 Å². The van der Waals surface area contributed by atoms with Crippen LogP contribution in [0.3, 0.4) is 0 Å². The highest BCUT2D eigenvalue weighted by Gasteiger charge is 2.22. The van der Waals surface area contributed by atoms with E-state index in [1.807, 2.05) is 0 Å². The fourth-order valence-electron chi connectivity index (χ4n) is 1.60. The van der Waals surface area contributed by atoms with Crippen LogP contribution in [0.25, 0.3) is 0 Å². The van der Waals surface area contributed by atoms with E-state index in [4.69, 9.17) is 5.11 Å². The van der Waals surface area contributed by atoms with Crippen LogP contribution in [-0.4, -0.2) is 25.8 Å². The van der Waals surface area contributed by atoms with Crippen molar-refractivity contribution in [3.05, 3.63) is 16.3 Å². The second-order valence-electron chi connectivity index (χ2n) is 3.80. The van der Waals surface area contributed by atoms with E-state index < -0.39 is 5.97 Å². The van der Waals surface area contributed by atoms with Gasteiger partial charge in [0.2, 0.25) is 0 Å². The average molecular weight is 211 g/mol. The highest BCUT2D eigenvalue weighted by molar-refractivity contribution is 5.66. The minimum absolute atomic E-state index is 0.00236. The molecule has 0 saturated heterocycles. The van der Waals surface area contributed by atoms with Gasteiger partial charge in [0.25, 0.3) is 0 Å². The van der Waals surface area contributed by atoms with E-state index in [0.29, 0.717) is 5.82 Å². The minimum atomic E-state index is -0.881. The third-order valence-electron chi connectivity index (χ3n) is 2.68. The molecule has 82 valence electrons. The lowest BCUT2D eigenvalue weighted by Crippen LogP contribution is -2.27. The summed E-state index contributed by atoms with van der Waals surface area (Å²) >= 11 is 0. The summed E-state index contributed by atoms with van der Waals surface area (Å²) in [4.78, 5) is 24.3. The number of hydrogen-bond donors (Lipinski definition) is 2. The molecule has 0 amide bonds. The van der Waals surface area contributed by atoms with Gasteiger partial charge >= 0.3 is 11.7 Å². The maximum atomic E-state index is 11.4. The van der Waals surface area contributed by atoms with Gasteiger partial charge in [0.15, 0.2) is 0 Å². The molecular formula is C9H13N3O3. The maximum Gasteiger partial charge on any atom is 0.343 e.